The molecule has 1 aromatic heterocycles. The number of amides is 1. The number of nitrogens with one attached hydrogen (secondary N) is 1. The van der Waals surface area contributed by atoms with Gasteiger partial charge in [-0.05, 0) is 24.3 Å². The SMILES string of the molecule is NC(=O)c1ccc(N2CCN(c3cn[nH]c(=O)c3Cl)CC2)cc1. The average molecular weight is 334 g/mol. The summed E-state index contributed by atoms with van der Waals surface area (Å²) in [5.41, 5.74) is 7.04. The predicted octanol–water partition coefficient (Wildman–Crippen LogP) is 0.849. The first kappa shape index (κ1) is 15.4. The molecule has 0 bridgehead atoms. The van der Waals surface area contributed by atoms with Gasteiger partial charge in [0.1, 0.15) is 5.02 Å². The van der Waals surface area contributed by atoms with E-state index < -0.39 is 5.91 Å². The number of aromatic nitrogens is 2. The van der Waals surface area contributed by atoms with Gasteiger partial charge in [0, 0.05) is 37.4 Å². The molecule has 3 N–H and O–H groups in total. The zero-order chi connectivity index (χ0) is 16.4. The zero-order valence-electron chi connectivity index (χ0n) is 12.3. The van der Waals surface area contributed by atoms with E-state index in [-0.39, 0.29) is 10.6 Å². The summed E-state index contributed by atoms with van der Waals surface area (Å²) in [7, 11) is 0. The highest BCUT2D eigenvalue weighted by atomic mass is 35.5. The van der Waals surface area contributed by atoms with Gasteiger partial charge in [-0.2, -0.15) is 5.10 Å². The molecule has 2 heterocycles. The Hall–Kier alpha value is -2.54. The maximum Gasteiger partial charge on any atom is 0.285 e. The molecule has 1 saturated heterocycles. The van der Waals surface area contributed by atoms with Gasteiger partial charge in [-0.1, -0.05) is 11.6 Å². The van der Waals surface area contributed by atoms with Crippen LogP contribution in [0, 0.1) is 0 Å². The first-order chi connectivity index (χ1) is 11.1. The van der Waals surface area contributed by atoms with Crippen LogP contribution in [0.2, 0.25) is 5.02 Å². The van der Waals surface area contributed by atoms with E-state index in [0.717, 1.165) is 31.9 Å². The second-order valence-corrected chi connectivity index (χ2v) is 5.66. The minimum atomic E-state index is -0.433. The summed E-state index contributed by atoms with van der Waals surface area (Å²) in [4.78, 5) is 26.9. The summed E-state index contributed by atoms with van der Waals surface area (Å²) in [6, 6.07) is 7.22. The highest BCUT2D eigenvalue weighted by molar-refractivity contribution is 6.33. The number of benzene rings is 1. The van der Waals surface area contributed by atoms with Crippen molar-refractivity contribution in [3.63, 3.8) is 0 Å². The number of H-pyrrole nitrogens is 1. The first-order valence-electron chi connectivity index (χ1n) is 7.19. The van der Waals surface area contributed by atoms with Gasteiger partial charge in [-0.15, -0.1) is 0 Å². The molecular weight excluding hydrogens is 318 g/mol. The number of nitrogens with two attached hydrogens (primary N) is 1. The molecule has 7 nitrogen and oxygen atoms in total. The van der Waals surface area contributed by atoms with Gasteiger partial charge in [-0.25, -0.2) is 5.10 Å². The fourth-order valence-electron chi connectivity index (χ4n) is 2.64. The van der Waals surface area contributed by atoms with Crippen LogP contribution < -0.4 is 21.1 Å². The molecule has 0 aliphatic carbocycles. The minimum absolute atomic E-state index is 0.166. The highest BCUT2D eigenvalue weighted by Gasteiger charge is 2.20. The van der Waals surface area contributed by atoms with Crippen molar-refractivity contribution < 1.29 is 4.79 Å². The number of nitrogens with zero attached hydrogens (tertiary/aromatic N) is 3. The topological polar surface area (TPSA) is 95.3 Å². The second-order valence-electron chi connectivity index (χ2n) is 5.28. The summed E-state index contributed by atoms with van der Waals surface area (Å²) >= 11 is 6.04. The molecule has 0 atom stereocenters. The smallest absolute Gasteiger partial charge is 0.285 e. The summed E-state index contributed by atoms with van der Waals surface area (Å²) in [6.45, 7) is 3.00. The molecule has 120 valence electrons. The third-order valence-corrected chi connectivity index (χ3v) is 4.28. The lowest BCUT2D eigenvalue weighted by molar-refractivity contribution is 0.100. The average Bonchev–Trinajstić information content (AvgIpc) is 2.58. The molecule has 23 heavy (non-hydrogen) atoms. The van der Waals surface area contributed by atoms with E-state index in [1.165, 1.54) is 0 Å². The van der Waals surface area contributed by atoms with Crippen LogP contribution in [0.3, 0.4) is 0 Å². The molecule has 1 amide bonds. The Morgan fingerprint density at radius 2 is 1.74 bits per heavy atom. The Morgan fingerprint density at radius 3 is 2.35 bits per heavy atom. The number of rotatable bonds is 3. The van der Waals surface area contributed by atoms with E-state index in [4.69, 9.17) is 17.3 Å². The maximum absolute atomic E-state index is 11.5. The molecule has 1 aromatic carbocycles. The van der Waals surface area contributed by atoms with Crippen molar-refractivity contribution in [3.8, 4) is 0 Å². The fraction of sp³-hybridized carbons (Fsp3) is 0.267. The summed E-state index contributed by atoms with van der Waals surface area (Å²) < 4.78 is 0. The Balaban J connectivity index is 1.69. The molecule has 0 saturated carbocycles. The van der Waals surface area contributed by atoms with Crippen LogP contribution in [-0.2, 0) is 0 Å². The van der Waals surface area contributed by atoms with Crippen molar-refractivity contribution in [2.45, 2.75) is 0 Å². The van der Waals surface area contributed by atoms with Crippen molar-refractivity contribution >= 4 is 28.9 Å². The minimum Gasteiger partial charge on any atom is -0.368 e. The lowest BCUT2D eigenvalue weighted by Crippen LogP contribution is -2.47. The molecule has 0 radical (unpaired) electrons. The number of aromatic amines is 1. The van der Waals surface area contributed by atoms with Crippen LogP contribution in [0.15, 0.2) is 35.3 Å². The summed E-state index contributed by atoms with van der Waals surface area (Å²) in [6.07, 6.45) is 1.57. The quantitative estimate of drug-likeness (QED) is 0.868. The van der Waals surface area contributed by atoms with E-state index in [0.29, 0.717) is 11.3 Å². The van der Waals surface area contributed by atoms with Crippen molar-refractivity contribution in [3.05, 3.63) is 51.4 Å². The van der Waals surface area contributed by atoms with E-state index in [1.54, 1.807) is 18.3 Å². The number of hydrogen-bond acceptors (Lipinski definition) is 5. The van der Waals surface area contributed by atoms with E-state index >= 15 is 0 Å². The number of hydrogen-bond donors (Lipinski definition) is 2. The van der Waals surface area contributed by atoms with Gasteiger partial charge < -0.3 is 15.5 Å². The van der Waals surface area contributed by atoms with Crippen LogP contribution in [0.25, 0.3) is 0 Å². The number of anilines is 2. The van der Waals surface area contributed by atoms with Crippen molar-refractivity contribution in [2.75, 3.05) is 36.0 Å². The van der Waals surface area contributed by atoms with Crippen molar-refractivity contribution in [1.82, 2.24) is 10.2 Å². The third-order valence-electron chi connectivity index (χ3n) is 3.91. The molecule has 3 rings (SSSR count). The molecular formula is C15H16ClN5O2. The number of primary amides is 1. The van der Waals surface area contributed by atoms with Gasteiger partial charge in [0.2, 0.25) is 5.91 Å². The van der Waals surface area contributed by atoms with Gasteiger partial charge >= 0.3 is 0 Å². The molecule has 0 spiro atoms. The van der Waals surface area contributed by atoms with Gasteiger partial charge in [-0.3, -0.25) is 9.59 Å². The number of halogens is 1. The normalized spacial score (nSPS) is 14.8. The lowest BCUT2D eigenvalue weighted by Gasteiger charge is -2.37. The van der Waals surface area contributed by atoms with Crippen molar-refractivity contribution in [1.29, 1.82) is 0 Å². The van der Waals surface area contributed by atoms with Crippen LogP contribution in [0.1, 0.15) is 10.4 Å². The van der Waals surface area contributed by atoms with E-state index in [2.05, 4.69) is 15.1 Å². The summed E-state index contributed by atoms with van der Waals surface area (Å²) in [5.74, 6) is -0.433. The van der Waals surface area contributed by atoms with Crippen LogP contribution >= 0.6 is 11.6 Å². The zero-order valence-corrected chi connectivity index (χ0v) is 13.1. The Morgan fingerprint density at radius 1 is 1.13 bits per heavy atom. The van der Waals surface area contributed by atoms with E-state index in [9.17, 15) is 9.59 Å². The standard InChI is InChI=1S/C15H16ClN5O2/c16-13-12(9-18-19-15(13)23)21-7-5-20(6-8-21)11-3-1-10(2-4-11)14(17)22/h1-4,9H,5-8H2,(H2,17,22)(H,19,23). The highest BCUT2D eigenvalue weighted by Crippen LogP contribution is 2.24. The molecule has 8 heteroatoms. The fourth-order valence-corrected chi connectivity index (χ4v) is 2.85. The largest absolute Gasteiger partial charge is 0.368 e. The number of carbonyl (C=O) groups excluding carboxylic acids is 1. The summed E-state index contributed by atoms with van der Waals surface area (Å²) in [5, 5.41) is 6.28. The van der Waals surface area contributed by atoms with Crippen LogP contribution in [0.4, 0.5) is 11.4 Å². The van der Waals surface area contributed by atoms with Crippen molar-refractivity contribution in [2.24, 2.45) is 5.73 Å². The number of carbonyl (C=O) groups is 1. The van der Waals surface area contributed by atoms with Crippen LogP contribution in [0.5, 0.6) is 0 Å². The van der Waals surface area contributed by atoms with Gasteiger partial charge in [0.25, 0.3) is 5.56 Å². The maximum atomic E-state index is 11.5. The Bertz CT molecular complexity index is 766. The Kier molecular flexibility index (Phi) is 4.20. The van der Waals surface area contributed by atoms with Crippen LogP contribution in [-0.4, -0.2) is 42.3 Å². The predicted molar refractivity (Wildman–Crippen MR) is 89.3 cm³/mol. The van der Waals surface area contributed by atoms with E-state index in [1.807, 2.05) is 17.0 Å². The third kappa shape index (κ3) is 3.14. The van der Waals surface area contributed by atoms with Gasteiger partial charge in [0.15, 0.2) is 0 Å². The molecule has 0 unspecified atom stereocenters. The Labute approximate surface area is 137 Å². The molecule has 1 aliphatic heterocycles. The number of piperazine rings is 1. The first-order valence-corrected chi connectivity index (χ1v) is 7.57. The lowest BCUT2D eigenvalue weighted by atomic mass is 10.1. The molecule has 2 aromatic rings. The molecule has 1 fully saturated rings. The molecule has 1 aliphatic rings. The van der Waals surface area contributed by atoms with Gasteiger partial charge in [0.05, 0.1) is 11.9 Å². The monoisotopic (exact) mass is 333 g/mol. The second kappa shape index (κ2) is 6.29.